The molecule has 0 spiro atoms. The molecular weight excluding hydrogens is 470 g/mol. The molecule has 0 aliphatic heterocycles. The van der Waals surface area contributed by atoms with Gasteiger partial charge in [0.2, 0.25) is 0 Å². The maximum absolute atomic E-state index is 12.8. The van der Waals surface area contributed by atoms with E-state index in [1.54, 1.807) is 0 Å². The Morgan fingerprint density at radius 1 is 1.09 bits per heavy atom. The highest BCUT2D eigenvalue weighted by atomic mass is 19.4. The first kappa shape index (κ1) is 27.8. The summed E-state index contributed by atoms with van der Waals surface area (Å²) in [6, 6.07) is 0. The number of fused-ring (bicyclic) bond motifs is 1. The van der Waals surface area contributed by atoms with Gasteiger partial charge in [-0.2, -0.15) is 26.3 Å². The number of hydrogen-bond acceptors (Lipinski definition) is 2. The van der Waals surface area contributed by atoms with Gasteiger partial charge in [-0.15, -0.1) is 0 Å². The Kier molecular flexibility index (Phi) is 8.17. The monoisotopic (exact) mass is 504 g/mol. The zero-order chi connectivity index (χ0) is 26.2. The molecule has 0 bridgehead atoms. The standard InChI is InChI=1S/C27H34F6O2/c1-16(6-4-8-24(26(28,29)30)27(31,32)33)21-11-12-22-18(7-5-13-25(21,22)3)9-10-19-14-20(34)15-23(35)17(19)2/h4,6,8-10,16,20-23,34-35H,2,5,7,11-15H2,1,3H3/b6-4+,18-9+,19-10-/t16-,20-,21-,22+,23+,25-/m1/s1. The lowest BCUT2D eigenvalue weighted by molar-refractivity contribution is -0.171. The molecule has 2 N–H and O–H groups in total. The van der Waals surface area contributed by atoms with E-state index < -0.39 is 30.1 Å². The molecule has 0 unspecified atom stereocenters. The number of halogens is 6. The van der Waals surface area contributed by atoms with Crippen molar-refractivity contribution in [2.24, 2.45) is 23.2 Å². The molecule has 3 saturated carbocycles. The third kappa shape index (κ3) is 6.13. The van der Waals surface area contributed by atoms with Crippen LogP contribution < -0.4 is 0 Å². The molecule has 8 heteroatoms. The topological polar surface area (TPSA) is 40.5 Å². The van der Waals surface area contributed by atoms with Crippen LogP contribution in [0.4, 0.5) is 26.3 Å². The average molecular weight is 505 g/mol. The van der Waals surface area contributed by atoms with E-state index in [1.165, 1.54) is 11.6 Å². The molecule has 0 radical (unpaired) electrons. The first-order valence-electron chi connectivity index (χ1n) is 12.1. The largest absolute Gasteiger partial charge is 0.421 e. The molecule has 0 heterocycles. The average Bonchev–Trinajstić information content (AvgIpc) is 3.08. The molecule has 6 atom stereocenters. The molecule has 3 rings (SSSR count). The van der Waals surface area contributed by atoms with E-state index in [-0.39, 0.29) is 35.7 Å². The van der Waals surface area contributed by atoms with Gasteiger partial charge in [-0.1, -0.05) is 50.3 Å². The van der Waals surface area contributed by atoms with Gasteiger partial charge in [0, 0.05) is 6.42 Å². The summed E-state index contributed by atoms with van der Waals surface area (Å²) in [5.41, 5.74) is 0.121. The van der Waals surface area contributed by atoms with Crippen LogP contribution in [0.3, 0.4) is 0 Å². The van der Waals surface area contributed by atoms with E-state index >= 15 is 0 Å². The van der Waals surface area contributed by atoms with E-state index in [9.17, 15) is 36.6 Å². The molecule has 0 aromatic rings. The van der Waals surface area contributed by atoms with Crippen LogP contribution in [0.2, 0.25) is 0 Å². The molecule has 3 aliphatic carbocycles. The van der Waals surface area contributed by atoms with Crippen LogP contribution >= 0.6 is 0 Å². The highest BCUT2D eigenvalue weighted by Crippen LogP contribution is 2.59. The van der Waals surface area contributed by atoms with Crippen LogP contribution in [0, 0.1) is 23.2 Å². The van der Waals surface area contributed by atoms with Crippen molar-refractivity contribution in [1.82, 2.24) is 0 Å². The molecule has 35 heavy (non-hydrogen) atoms. The lowest BCUT2D eigenvalue weighted by Gasteiger charge is -2.44. The van der Waals surface area contributed by atoms with E-state index in [0.717, 1.165) is 43.8 Å². The summed E-state index contributed by atoms with van der Waals surface area (Å²) in [6.07, 6.45) is -0.483. The Labute approximate surface area is 202 Å². The Bertz CT molecular complexity index is 907. The lowest BCUT2D eigenvalue weighted by atomic mass is 9.61. The summed E-state index contributed by atoms with van der Waals surface area (Å²) in [4.78, 5) is 0. The van der Waals surface area contributed by atoms with Gasteiger partial charge >= 0.3 is 12.4 Å². The van der Waals surface area contributed by atoms with Crippen molar-refractivity contribution in [3.63, 3.8) is 0 Å². The molecule has 0 amide bonds. The number of aliphatic hydroxyl groups is 2. The first-order chi connectivity index (χ1) is 16.1. The van der Waals surface area contributed by atoms with E-state index in [4.69, 9.17) is 0 Å². The van der Waals surface area contributed by atoms with Gasteiger partial charge in [-0.05, 0) is 78.9 Å². The number of aliphatic hydroxyl groups excluding tert-OH is 2. The number of alkyl halides is 6. The predicted molar refractivity (Wildman–Crippen MR) is 123 cm³/mol. The van der Waals surface area contributed by atoms with Crippen LogP contribution in [0.15, 0.2) is 59.3 Å². The summed E-state index contributed by atoms with van der Waals surface area (Å²) in [6.45, 7) is 7.99. The molecule has 2 nitrogen and oxygen atoms in total. The lowest BCUT2D eigenvalue weighted by Crippen LogP contribution is -2.35. The van der Waals surface area contributed by atoms with Gasteiger partial charge in [0.25, 0.3) is 0 Å². The minimum atomic E-state index is -5.45. The molecule has 196 valence electrons. The van der Waals surface area contributed by atoms with Crippen molar-refractivity contribution in [1.29, 1.82) is 0 Å². The Balaban J connectivity index is 1.78. The second-order valence-corrected chi connectivity index (χ2v) is 10.5. The summed E-state index contributed by atoms with van der Waals surface area (Å²) in [5.74, 6) is 0.240. The molecule has 3 aliphatic rings. The van der Waals surface area contributed by atoms with Crippen molar-refractivity contribution in [3.05, 3.63) is 59.3 Å². The Morgan fingerprint density at radius 2 is 1.74 bits per heavy atom. The van der Waals surface area contributed by atoms with Crippen LogP contribution in [0.5, 0.6) is 0 Å². The summed E-state index contributed by atoms with van der Waals surface area (Å²) in [5, 5.41) is 20.1. The molecule has 0 saturated heterocycles. The second-order valence-electron chi connectivity index (χ2n) is 10.5. The van der Waals surface area contributed by atoms with Gasteiger partial charge in [0.05, 0.1) is 12.2 Å². The van der Waals surface area contributed by atoms with Crippen molar-refractivity contribution in [2.45, 2.75) is 83.4 Å². The minimum absolute atomic E-state index is 0.102. The Hall–Kier alpha value is -1.80. The summed E-state index contributed by atoms with van der Waals surface area (Å²) >= 11 is 0. The van der Waals surface area contributed by atoms with Crippen molar-refractivity contribution < 1.29 is 36.6 Å². The SMILES string of the molecule is C=C1/C(=C\C=C2/CCC[C@]3(C)[C@@H]([C@H](C)/C=C/C=C(C(F)(F)F)C(F)(F)F)CC[C@@H]23)C[C@@H](O)C[C@@H]1O. The fraction of sp³-hybridized carbons (Fsp3) is 0.630. The normalized spacial score (nSPS) is 35.5. The van der Waals surface area contributed by atoms with Crippen LogP contribution in [0.25, 0.3) is 0 Å². The van der Waals surface area contributed by atoms with Gasteiger partial charge in [0.1, 0.15) is 5.57 Å². The van der Waals surface area contributed by atoms with Gasteiger partial charge in [-0.25, -0.2) is 0 Å². The predicted octanol–water partition coefficient (Wildman–Crippen LogP) is 7.37. The summed E-state index contributed by atoms with van der Waals surface area (Å²) in [7, 11) is 0. The zero-order valence-electron chi connectivity index (χ0n) is 20.1. The van der Waals surface area contributed by atoms with Gasteiger partial charge in [-0.3, -0.25) is 0 Å². The van der Waals surface area contributed by atoms with E-state index in [0.29, 0.717) is 12.0 Å². The van der Waals surface area contributed by atoms with Crippen LogP contribution in [-0.2, 0) is 0 Å². The smallest absolute Gasteiger partial charge is 0.393 e. The summed E-state index contributed by atoms with van der Waals surface area (Å²) < 4.78 is 76.6. The van der Waals surface area contributed by atoms with E-state index in [2.05, 4.69) is 19.6 Å². The second kappa shape index (κ2) is 10.3. The van der Waals surface area contributed by atoms with Crippen molar-refractivity contribution in [2.75, 3.05) is 0 Å². The van der Waals surface area contributed by atoms with Crippen LogP contribution in [0.1, 0.15) is 58.8 Å². The third-order valence-electron chi connectivity index (χ3n) is 8.23. The molecule has 3 fully saturated rings. The highest BCUT2D eigenvalue weighted by molar-refractivity contribution is 5.38. The Morgan fingerprint density at radius 3 is 2.37 bits per heavy atom. The quantitative estimate of drug-likeness (QED) is 0.310. The molecular formula is C27H34F6O2. The minimum Gasteiger partial charge on any atom is -0.393 e. The fourth-order valence-corrected chi connectivity index (χ4v) is 6.42. The number of allylic oxidation sites excluding steroid dienone is 7. The molecule has 0 aromatic carbocycles. The number of rotatable bonds is 4. The molecule has 0 aromatic heterocycles. The van der Waals surface area contributed by atoms with Crippen LogP contribution in [-0.4, -0.2) is 34.8 Å². The zero-order valence-corrected chi connectivity index (χ0v) is 20.1. The first-order valence-corrected chi connectivity index (χ1v) is 12.1. The van der Waals surface area contributed by atoms with Gasteiger partial charge in [0.15, 0.2) is 0 Å². The van der Waals surface area contributed by atoms with Crippen molar-refractivity contribution >= 4 is 0 Å². The van der Waals surface area contributed by atoms with Crippen molar-refractivity contribution in [3.8, 4) is 0 Å². The van der Waals surface area contributed by atoms with E-state index in [1.807, 2.05) is 13.0 Å². The number of hydrogen-bond donors (Lipinski definition) is 2. The third-order valence-corrected chi connectivity index (χ3v) is 8.23. The fourth-order valence-electron chi connectivity index (χ4n) is 6.42. The highest BCUT2D eigenvalue weighted by Gasteiger charge is 2.51. The maximum atomic E-state index is 12.8. The maximum Gasteiger partial charge on any atom is 0.421 e. The van der Waals surface area contributed by atoms with Gasteiger partial charge < -0.3 is 10.2 Å².